The molecule has 0 saturated carbocycles. The van der Waals surface area contributed by atoms with Gasteiger partial charge in [-0.25, -0.2) is 4.90 Å². The molecule has 1 aliphatic heterocycles. The molecule has 6 heteroatoms. The normalized spacial score (nSPS) is 13.9. The molecule has 0 saturated heterocycles. The number of nitrogens with one attached hydrogen (secondary N) is 1. The van der Waals surface area contributed by atoms with Crippen molar-refractivity contribution in [2.75, 3.05) is 16.8 Å². The molecule has 0 atom stereocenters. The average molecular weight is 419 g/mol. The van der Waals surface area contributed by atoms with Gasteiger partial charge in [-0.2, -0.15) is 0 Å². The molecule has 0 unspecified atom stereocenters. The summed E-state index contributed by atoms with van der Waals surface area (Å²) in [5, 5.41) is 5.09. The lowest BCUT2D eigenvalue weighted by molar-refractivity contribution is -0.120. The van der Waals surface area contributed by atoms with Gasteiger partial charge in [0.05, 0.1) is 23.6 Å². The van der Waals surface area contributed by atoms with E-state index in [1.807, 2.05) is 74.7 Å². The fraction of sp³-hybridized carbons (Fsp3) is 0.167. The third-order valence-corrected chi connectivity index (χ3v) is 6.00. The minimum atomic E-state index is -0.372. The zero-order valence-electron chi connectivity index (χ0n) is 17.1. The molecule has 30 heavy (non-hydrogen) atoms. The number of hydrogen-bond acceptors (Lipinski definition) is 5. The van der Waals surface area contributed by atoms with E-state index < -0.39 is 0 Å². The van der Waals surface area contributed by atoms with Gasteiger partial charge in [-0.15, -0.1) is 11.3 Å². The van der Waals surface area contributed by atoms with Crippen LogP contribution in [0.25, 0.3) is 5.57 Å². The molecule has 0 fully saturated rings. The number of carbonyl (C=O) groups is 2. The van der Waals surface area contributed by atoms with Crippen molar-refractivity contribution < 1.29 is 14.3 Å². The quantitative estimate of drug-likeness (QED) is 0.562. The second-order valence-corrected chi connectivity index (χ2v) is 7.89. The minimum absolute atomic E-state index is 0.260. The molecular weight excluding hydrogens is 396 g/mol. The molecule has 2 amide bonds. The number of para-hydroxylation sites is 2. The number of imide groups is 1. The molecule has 3 aromatic rings. The fourth-order valence-electron chi connectivity index (χ4n) is 3.48. The van der Waals surface area contributed by atoms with Crippen LogP contribution in [0, 0.1) is 13.8 Å². The molecule has 0 radical (unpaired) electrons. The summed E-state index contributed by atoms with van der Waals surface area (Å²) in [4.78, 5) is 29.0. The first kappa shape index (κ1) is 19.9. The Morgan fingerprint density at radius 2 is 1.77 bits per heavy atom. The van der Waals surface area contributed by atoms with Gasteiger partial charge in [0.1, 0.15) is 11.4 Å². The van der Waals surface area contributed by atoms with Gasteiger partial charge in [-0.05, 0) is 61.5 Å². The Bertz CT molecular complexity index is 1150. The van der Waals surface area contributed by atoms with E-state index in [2.05, 4.69) is 5.32 Å². The Labute approximate surface area is 179 Å². The number of anilines is 2. The third kappa shape index (κ3) is 3.39. The molecule has 2 aromatic carbocycles. The molecule has 1 aromatic heterocycles. The highest BCUT2D eigenvalue weighted by Crippen LogP contribution is 2.38. The minimum Gasteiger partial charge on any atom is -0.492 e. The summed E-state index contributed by atoms with van der Waals surface area (Å²) >= 11 is 1.43. The Kier molecular flexibility index (Phi) is 5.42. The maximum atomic E-state index is 13.5. The maximum absolute atomic E-state index is 13.5. The summed E-state index contributed by atoms with van der Waals surface area (Å²) in [6.07, 6.45) is 0. The van der Waals surface area contributed by atoms with Crippen LogP contribution in [0.5, 0.6) is 5.75 Å². The Morgan fingerprint density at radius 1 is 0.967 bits per heavy atom. The number of thiophene rings is 1. The van der Waals surface area contributed by atoms with Gasteiger partial charge in [0.15, 0.2) is 0 Å². The molecule has 1 aliphatic rings. The van der Waals surface area contributed by atoms with Crippen molar-refractivity contribution in [1.82, 2.24) is 0 Å². The molecule has 5 nitrogen and oxygen atoms in total. The second-order valence-electron chi connectivity index (χ2n) is 6.95. The van der Waals surface area contributed by atoms with Crippen LogP contribution in [-0.4, -0.2) is 18.4 Å². The van der Waals surface area contributed by atoms with Crippen LogP contribution in [0.2, 0.25) is 0 Å². The van der Waals surface area contributed by atoms with Crippen LogP contribution in [0.4, 0.5) is 11.4 Å². The van der Waals surface area contributed by atoms with Crippen LogP contribution < -0.4 is 15.0 Å². The Hall–Kier alpha value is -3.38. The zero-order valence-corrected chi connectivity index (χ0v) is 17.9. The molecule has 2 heterocycles. The summed E-state index contributed by atoms with van der Waals surface area (Å²) in [5.41, 5.74) is 3.81. The lowest BCUT2D eigenvalue weighted by Crippen LogP contribution is -2.33. The maximum Gasteiger partial charge on any atom is 0.282 e. The van der Waals surface area contributed by atoms with Crippen LogP contribution in [0.15, 0.2) is 65.7 Å². The van der Waals surface area contributed by atoms with Crippen molar-refractivity contribution in [3.63, 3.8) is 0 Å². The van der Waals surface area contributed by atoms with Gasteiger partial charge in [-0.1, -0.05) is 30.3 Å². The number of aryl methyl sites for hydroxylation is 1. The lowest BCUT2D eigenvalue weighted by Gasteiger charge is -2.19. The Morgan fingerprint density at radius 3 is 2.50 bits per heavy atom. The molecule has 0 bridgehead atoms. The number of hydrogen-bond donors (Lipinski definition) is 1. The van der Waals surface area contributed by atoms with Gasteiger partial charge < -0.3 is 10.1 Å². The average Bonchev–Trinajstić information content (AvgIpc) is 3.33. The summed E-state index contributed by atoms with van der Waals surface area (Å²) in [6, 6.07) is 16.8. The molecule has 0 spiro atoms. The van der Waals surface area contributed by atoms with Crippen molar-refractivity contribution in [2.24, 2.45) is 0 Å². The van der Waals surface area contributed by atoms with Crippen LogP contribution in [0.3, 0.4) is 0 Å². The first-order valence-electron chi connectivity index (χ1n) is 9.75. The standard InChI is InChI=1S/C24H22N2O3S/c1-4-29-19-12-6-5-10-17(19)25-22-21(20-13-8-14-30-20)23(27)26(24(22)28)18-11-7-9-15(2)16(18)3/h5-14,25H,4H2,1-3H3. The van der Waals surface area contributed by atoms with Crippen molar-refractivity contribution in [1.29, 1.82) is 0 Å². The SMILES string of the molecule is CCOc1ccccc1NC1=C(c2cccs2)C(=O)N(c2cccc(C)c2C)C1=O. The highest BCUT2D eigenvalue weighted by Gasteiger charge is 2.41. The van der Waals surface area contributed by atoms with Gasteiger partial charge in [0, 0.05) is 4.88 Å². The molecule has 152 valence electrons. The molecule has 0 aliphatic carbocycles. The summed E-state index contributed by atoms with van der Waals surface area (Å²) in [6.45, 7) is 6.29. The number of nitrogens with zero attached hydrogens (tertiary/aromatic N) is 1. The van der Waals surface area contributed by atoms with Crippen molar-refractivity contribution in [3.05, 3.63) is 81.7 Å². The van der Waals surface area contributed by atoms with E-state index in [4.69, 9.17) is 4.74 Å². The number of carbonyl (C=O) groups excluding carboxylic acids is 2. The van der Waals surface area contributed by atoms with Gasteiger partial charge in [0.2, 0.25) is 0 Å². The van der Waals surface area contributed by atoms with Gasteiger partial charge in [0.25, 0.3) is 11.8 Å². The smallest absolute Gasteiger partial charge is 0.282 e. The van der Waals surface area contributed by atoms with Crippen LogP contribution >= 0.6 is 11.3 Å². The van der Waals surface area contributed by atoms with E-state index in [9.17, 15) is 9.59 Å². The van der Waals surface area contributed by atoms with E-state index in [-0.39, 0.29) is 17.5 Å². The monoisotopic (exact) mass is 418 g/mol. The molecular formula is C24H22N2O3S. The van der Waals surface area contributed by atoms with Crippen molar-refractivity contribution in [2.45, 2.75) is 20.8 Å². The number of rotatable bonds is 6. The highest BCUT2D eigenvalue weighted by molar-refractivity contribution is 7.11. The zero-order chi connectivity index (χ0) is 21.3. The van der Waals surface area contributed by atoms with E-state index in [0.29, 0.717) is 29.3 Å². The molecule has 1 N–H and O–H groups in total. The predicted molar refractivity (Wildman–Crippen MR) is 121 cm³/mol. The fourth-order valence-corrected chi connectivity index (χ4v) is 4.25. The van der Waals surface area contributed by atoms with Gasteiger partial charge >= 0.3 is 0 Å². The number of amides is 2. The first-order chi connectivity index (χ1) is 14.5. The highest BCUT2D eigenvalue weighted by atomic mass is 32.1. The van der Waals surface area contributed by atoms with E-state index >= 15 is 0 Å². The molecule has 4 rings (SSSR count). The predicted octanol–water partition coefficient (Wildman–Crippen LogP) is 5.16. The second kappa shape index (κ2) is 8.16. The third-order valence-electron chi connectivity index (χ3n) is 5.11. The first-order valence-corrected chi connectivity index (χ1v) is 10.6. The van der Waals surface area contributed by atoms with Gasteiger partial charge in [-0.3, -0.25) is 9.59 Å². The van der Waals surface area contributed by atoms with Crippen molar-refractivity contribution >= 4 is 40.1 Å². The summed E-state index contributed by atoms with van der Waals surface area (Å²) < 4.78 is 5.69. The van der Waals surface area contributed by atoms with Crippen molar-refractivity contribution in [3.8, 4) is 5.75 Å². The van der Waals surface area contributed by atoms with Crippen LogP contribution in [0.1, 0.15) is 22.9 Å². The van der Waals surface area contributed by atoms with E-state index in [1.165, 1.54) is 16.2 Å². The largest absolute Gasteiger partial charge is 0.492 e. The lowest BCUT2D eigenvalue weighted by atomic mass is 10.1. The van der Waals surface area contributed by atoms with Crippen LogP contribution in [-0.2, 0) is 9.59 Å². The topological polar surface area (TPSA) is 58.6 Å². The van der Waals surface area contributed by atoms with E-state index in [1.54, 1.807) is 6.07 Å². The number of ether oxygens (including phenoxy) is 1. The number of benzene rings is 2. The summed E-state index contributed by atoms with van der Waals surface area (Å²) in [7, 11) is 0. The summed E-state index contributed by atoms with van der Waals surface area (Å²) in [5.74, 6) is -0.0700. The Balaban J connectivity index is 1.83. The van der Waals surface area contributed by atoms with E-state index in [0.717, 1.165) is 16.0 Å².